The van der Waals surface area contributed by atoms with Crippen molar-refractivity contribution in [1.29, 1.82) is 0 Å². The number of allylic oxidation sites excluding steroid dienone is 2. The molecule has 3 fully saturated rings. The molecule has 5 rings (SSSR count). The normalized spacial score (nSPS) is 29.5. The van der Waals surface area contributed by atoms with Crippen molar-refractivity contribution in [1.82, 2.24) is 0 Å². The second kappa shape index (κ2) is 13.5. The van der Waals surface area contributed by atoms with Gasteiger partial charge in [0.25, 0.3) is 0 Å². The van der Waals surface area contributed by atoms with Gasteiger partial charge in [0.2, 0.25) is 0 Å². The molecule has 0 N–H and O–H groups in total. The summed E-state index contributed by atoms with van der Waals surface area (Å²) in [4.78, 5) is 0. The minimum absolute atomic E-state index is 0.159. The molecule has 2 saturated carbocycles. The zero-order valence-electron chi connectivity index (χ0n) is 23.5. The third-order valence-corrected chi connectivity index (χ3v) is 9.58. The quantitative estimate of drug-likeness (QED) is 0.225. The van der Waals surface area contributed by atoms with Crippen molar-refractivity contribution in [3.63, 3.8) is 0 Å². The Morgan fingerprint density at radius 1 is 0.878 bits per heavy atom. The molecule has 0 radical (unpaired) electrons. The van der Waals surface area contributed by atoms with Crippen LogP contribution in [-0.2, 0) is 9.47 Å². The van der Waals surface area contributed by atoms with Crippen LogP contribution in [0, 0.1) is 35.3 Å². The molecule has 224 valence electrons. The monoisotopic (exact) mass is 594 g/mol. The van der Waals surface area contributed by atoms with Gasteiger partial charge in [0.15, 0.2) is 6.29 Å². The third kappa shape index (κ3) is 7.47. The van der Waals surface area contributed by atoms with Crippen LogP contribution in [-0.4, -0.2) is 19.3 Å². The average molecular weight is 595 g/mol. The van der Waals surface area contributed by atoms with Gasteiger partial charge in [-0.15, -0.1) is 0 Å². The van der Waals surface area contributed by atoms with E-state index in [1.807, 2.05) is 6.07 Å². The van der Waals surface area contributed by atoms with Crippen molar-refractivity contribution in [2.24, 2.45) is 23.7 Å². The molecule has 1 heterocycles. The Morgan fingerprint density at radius 3 is 2.22 bits per heavy atom. The first-order chi connectivity index (χ1) is 19.7. The lowest BCUT2D eigenvalue weighted by Gasteiger charge is -2.38. The Labute approximate surface area is 245 Å². The molecule has 2 aromatic carbocycles. The fourth-order valence-corrected chi connectivity index (χ4v) is 6.87. The van der Waals surface area contributed by atoms with Gasteiger partial charge in [0.05, 0.1) is 24.2 Å². The number of rotatable bonds is 8. The summed E-state index contributed by atoms with van der Waals surface area (Å²) >= 11 is 5.63. The van der Waals surface area contributed by atoms with E-state index in [0.29, 0.717) is 49.0 Å². The van der Waals surface area contributed by atoms with Gasteiger partial charge >= 0.3 is 6.11 Å². The van der Waals surface area contributed by atoms with Crippen LogP contribution in [0.25, 0.3) is 0 Å². The zero-order valence-corrected chi connectivity index (χ0v) is 24.2. The molecule has 3 nitrogen and oxygen atoms in total. The third-order valence-electron chi connectivity index (χ3n) is 9.27. The van der Waals surface area contributed by atoms with Gasteiger partial charge in [-0.2, -0.15) is 8.78 Å². The van der Waals surface area contributed by atoms with Gasteiger partial charge in [-0.25, -0.2) is 8.78 Å². The summed E-state index contributed by atoms with van der Waals surface area (Å²) in [5.74, 6) is -0.895. The van der Waals surface area contributed by atoms with Gasteiger partial charge < -0.3 is 14.2 Å². The summed E-state index contributed by atoms with van der Waals surface area (Å²) in [5.41, 5.74) is 1.17. The van der Waals surface area contributed by atoms with Crippen LogP contribution in [0.15, 0.2) is 48.6 Å². The first-order valence-electron chi connectivity index (χ1n) is 14.9. The maximum Gasteiger partial charge on any atom is 0.400 e. The van der Waals surface area contributed by atoms with Crippen LogP contribution in [0.3, 0.4) is 0 Å². The van der Waals surface area contributed by atoms with Crippen molar-refractivity contribution < 1.29 is 31.8 Å². The first-order valence-corrected chi connectivity index (χ1v) is 15.3. The van der Waals surface area contributed by atoms with E-state index in [9.17, 15) is 13.2 Å². The average Bonchev–Trinajstić information content (AvgIpc) is 2.98. The summed E-state index contributed by atoms with van der Waals surface area (Å²) < 4.78 is 75.5. The number of hydrogen-bond donors (Lipinski definition) is 0. The van der Waals surface area contributed by atoms with Crippen molar-refractivity contribution >= 4 is 11.6 Å². The summed E-state index contributed by atoms with van der Waals surface area (Å²) in [6, 6.07) is 8.30. The van der Waals surface area contributed by atoms with E-state index in [0.717, 1.165) is 12.0 Å². The number of ether oxygens (including phenoxy) is 3. The minimum Gasteiger partial charge on any atom is -0.432 e. The molecule has 0 bridgehead atoms. The lowest BCUT2D eigenvalue weighted by atomic mass is 9.75. The van der Waals surface area contributed by atoms with Crippen molar-refractivity contribution in [2.45, 2.75) is 83.0 Å². The fraction of sp³-hybridized carbons (Fsp3) is 0.576. The highest BCUT2D eigenvalue weighted by molar-refractivity contribution is 6.30. The van der Waals surface area contributed by atoms with Crippen molar-refractivity contribution in [2.75, 3.05) is 13.2 Å². The molecule has 2 aliphatic carbocycles. The second-order valence-electron chi connectivity index (χ2n) is 11.9. The van der Waals surface area contributed by atoms with Crippen LogP contribution in [0.5, 0.6) is 5.75 Å². The molecular formula is C33H39ClF4O3. The predicted molar refractivity (Wildman–Crippen MR) is 151 cm³/mol. The van der Waals surface area contributed by atoms with Gasteiger partial charge in [-0.05, 0) is 106 Å². The second-order valence-corrected chi connectivity index (χ2v) is 12.3. The fourth-order valence-electron chi connectivity index (χ4n) is 6.75. The summed E-state index contributed by atoms with van der Waals surface area (Å²) in [6.45, 7) is 3.29. The lowest BCUT2D eigenvalue weighted by molar-refractivity contribution is -0.222. The van der Waals surface area contributed by atoms with Crippen LogP contribution >= 0.6 is 11.6 Å². The molecule has 1 saturated heterocycles. The van der Waals surface area contributed by atoms with Gasteiger partial charge in [0.1, 0.15) is 17.4 Å². The van der Waals surface area contributed by atoms with E-state index in [1.165, 1.54) is 50.3 Å². The van der Waals surface area contributed by atoms with E-state index < -0.39 is 24.1 Å². The van der Waals surface area contributed by atoms with Gasteiger partial charge in [0, 0.05) is 17.5 Å². The Hall–Kier alpha value is -2.09. The minimum atomic E-state index is -3.47. The molecule has 3 aliphatic rings. The standard InChI is InChI=1S/C33H39ClF4O3/c1-2-3-4-21-5-7-22(8-6-21)25-19-39-32(40-20-25)24-11-15-28(30(35)17-24)23-9-12-26(13-10-23)33(37,38)41-27-14-16-29(34)31(36)18-27/h2-3,11,14-18,21-23,25-26,32H,4-10,12-13,19-20H2,1H3/b3-2-. The topological polar surface area (TPSA) is 27.7 Å². The van der Waals surface area contributed by atoms with E-state index in [-0.39, 0.29) is 35.3 Å². The summed E-state index contributed by atoms with van der Waals surface area (Å²) in [6.07, 6.45) is 7.55. The van der Waals surface area contributed by atoms with E-state index in [4.69, 9.17) is 25.8 Å². The highest BCUT2D eigenvalue weighted by Crippen LogP contribution is 2.44. The van der Waals surface area contributed by atoms with E-state index in [2.05, 4.69) is 19.1 Å². The molecule has 0 aromatic heterocycles. The maximum absolute atomic E-state index is 15.2. The van der Waals surface area contributed by atoms with Crippen LogP contribution in [0.1, 0.15) is 88.0 Å². The molecule has 0 atom stereocenters. The van der Waals surface area contributed by atoms with E-state index >= 15 is 4.39 Å². The largest absolute Gasteiger partial charge is 0.432 e. The zero-order chi connectivity index (χ0) is 29.0. The highest BCUT2D eigenvalue weighted by Gasteiger charge is 2.44. The van der Waals surface area contributed by atoms with Crippen LogP contribution in [0.2, 0.25) is 5.02 Å². The smallest absolute Gasteiger partial charge is 0.400 e. The number of hydrogen-bond acceptors (Lipinski definition) is 3. The van der Waals surface area contributed by atoms with Crippen molar-refractivity contribution in [3.8, 4) is 5.75 Å². The molecule has 0 spiro atoms. The maximum atomic E-state index is 15.2. The van der Waals surface area contributed by atoms with Gasteiger partial charge in [-0.3, -0.25) is 0 Å². The molecular weight excluding hydrogens is 556 g/mol. The Morgan fingerprint density at radius 2 is 1.59 bits per heavy atom. The lowest BCUT2D eigenvalue weighted by Crippen LogP contribution is -2.37. The summed E-state index contributed by atoms with van der Waals surface area (Å²) in [5, 5.41) is -0.159. The number of halogens is 5. The molecule has 1 aliphatic heterocycles. The molecule has 8 heteroatoms. The molecule has 41 heavy (non-hydrogen) atoms. The van der Waals surface area contributed by atoms with E-state index in [1.54, 1.807) is 6.07 Å². The highest BCUT2D eigenvalue weighted by atomic mass is 35.5. The Bertz CT molecular complexity index is 1180. The van der Waals surface area contributed by atoms with Crippen molar-refractivity contribution in [3.05, 3.63) is 76.3 Å². The molecule has 2 aromatic rings. The summed E-state index contributed by atoms with van der Waals surface area (Å²) in [7, 11) is 0. The number of benzene rings is 2. The van der Waals surface area contributed by atoms with Gasteiger partial charge in [-0.1, -0.05) is 35.9 Å². The molecule has 0 amide bonds. The van der Waals surface area contributed by atoms with Crippen LogP contribution in [0.4, 0.5) is 17.6 Å². The van der Waals surface area contributed by atoms with Crippen LogP contribution < -0.4 is 4.74 Å². The first kappa shape index (κ1) is 30.4. The number of alkyl halides is 2. The molecule has 0 unspecified atom stereocenters. The predicted octanol–water partition coefficient (Wildman–Crippen LogP) is 10.00. The Kier molecular flexibility index (Phi) is 9.98. The SMILES string of the molecule is C/C=C\CC1CCC(C2COC(c3ccc(C4CCC(C(F)(F)Oc5ccc(Cl)c(F)c5)CC4)c(F)c3)OC2)CC1. The Balaban J connectivity index is 1.10.